The van der Waals surface area contributed by atoms with Gasteiger partial charge in [0.1, 0.15) is 5.52 Å². The van der Waals surface area contributed by atoms with Crippen LogP contribution in [0.15, 0.2) is 76.8 Å². The van der Waals surface area contributed by atoms with Crippen LogP contribution in [0.1, 0.15) is 42.9 Å². The molecular formula is C25H23N5O. The maximum absolute atomic E-state index is 12.7. The maximum Gasteiger partial charge on any atom is 0.328 e. The van der Waals surface area contributed by atoms with Gasteiger partial charge in [-0.05, 0) is 22.6 Å². The van der Waals surface area contributed by atoms with E-state index in [0.717, 1.165) is 28.8 Å². The number of benzene rings is 2. The van der Waals surface area contributed by atoms with Crippen LogP contribution in [-0.4, -0.2) is 25.2 Å². The SMILES string of the molecule is CC(C)c1ccccc1-c1ncc2[nH]c(=O)n(Cc3ccc(C4=NC=CC4)cc3)c2n1. The van der Waals surface area contributed by atoms with Gasteiger partial charge in [0.25, 0.3) is 0 Å². The standard InChI is InChI=1S/C25H23N5O/c1-16(2)19-6-3-4-7-20(19)23-27-14-22-24(29-23)30(25(31)28-22)15-17-9-11-18(12-10-17)21-8-5-13-26-21/h3-7,9-14,16H,8,15H2,1-2H3,(H,28,31). The van der Waals surface area contributed by atoms with Gasteiger partial charge >= 0.3 is 5.69 Å². The van der Waals surface area contributed by atoms with Gasteiger partial charge in [0.15, 0.2) is 11.5 Å². The first-order valence-corrected chi connectivity index (χ1v) is 10.5. The summed E-state index contributed by atoms with van der Waals surface area (Å²) in [5.41, 5.74) is 6.45. The normalized spacial score (nSPS) is 13.3. The number of nitrogens with one attached hydrogen (secondary N) is 1. The monoisotopic (exact) mass is 409 g/mol. The fraction of sp³-hybridized carbons (Fsp3) is 0.200. The summed E-state index contributed by atoms with van der Waals surface area (Å²) >= 11 is 0. The summed E-state index contributed by atoms with van der Waals surface area (Å²) in [6, 6.07) is 16.3. The van der Waals surface area contributed by atoms with Gasteiger partial charge < -0.3 is 4.98 Å². The third-order valence-electron chi connectivity index (χ3n) is 5.61. The third kappa shape index (κ3) is 3.61. The van der Waals surface area contributed by atoms with Crippen molar-refractivity contribution in [3.8, 4) is 11.4 Å². The van der Waals surface area contributed by atoms with Crippen molar-refractivity contribution in [3.05, 3.63) is 94.2 Å². The first-order valence-electron chi connectivity index (χ1n) is 10.5. The van der Waals surface area contributed by atoms with E-state index in [-0.39, 0.29) is 5.69 Å². The van der Waals surface area contributed by atoms with Gasteiger partial charge in [0.05, 0.1) is 18.5 Å². The van der Waals surface area contributed by atoms with Crippen molar-refractivity contribution in [1.29, 1.82) is 0 Å². The molecule has 3 heterocycles. The number of aromatic amines is 1. The fourth-order valence-electron chi connectivity index (χ4n) is 3.96. The number of hydrogen-bond acceptors (Lipinski definition) is 4. The molecule has 31 heavy (non-hydrogen) atoms. The predicted molar refractivity (Wildman–Crippen MR) is 124 cm³/mol. The molecule has 0 radical (unpaired) electrons. The molecular weight excluding hydrogens is 386 g/mol. The summed E-state index contributed by atoms with van der Waals surface area (Å²) in [7, 11) is 0. The van der Waals surface area contributed by atoms with Crippen molar-refractivity contribution < 1.29 is 0 Å². The molecule has 0 bridgehead atoms. The Morgan fingerprint density at radius 1 is 1.10 bits per heavy atom. The number of allylic oxidation sites excluding steroid dienone is 1. The Bertz CT molecular complexity index is 1370. The van der Waals surface area contributed by atoms with Gasteiger partial charge in [-0.25, -0.2) is 14.8 Å². The molecule has 0 atom stereocenters. The second kappa shape index (κ2) is 7.80. The van der Waals surface area contributed by atoms with Gasteiger partial charge in [0, 0.05) is 18.2 Å². The molecule has 1 aliphatic rings. The zero-order valence-corrected chi connectivity index (χ0v) is 17.5. The summed E-state index contributed by atoms with van der Waals surface area (Å²) < 4.78 is 1.67. The van der Waals surface area contributed by atoms with E-state index in [1.54, 1.807) is 10.8 Å². The molecule has 0 saturated heterocycles. The summed E-state index contributed by atoms with van der Waals surface area (Å²) in [5.74, 6) is 0.980. The minimum Gasteiger partial charge on any atom is -0.303 e. The summed E-state index contributed by atoms with van der Waals surface area (Å²) in [5, 5.41) is 0. The Hall–Kier alpha value is -3.80. The van der Waals surface area contributed by atoms with Crippen LogP contribution in [0, 0.1) is 0 Å². The molecule has 1 aliphatic heterocycles. The van der Waals surface area contributed by atoms with Crippen molar-refractivity contribution in [1.82, 2.24) is 19.5 Å². The first-order chi connectivity index (χ1) is 15.1. The Morgan fingerprint density at radius 2 is 1.90 bits per heavy atom. The van der Waals surface area contributed by atoms with Crippen molar-refractivity contribution in [2.45, 2.75) is 32.7 Å². The molecule has 6 nitrogen and oxygen atoms in total. The Labute approximate surface area is 180 Å². The Kier molecular flexibility index (Phi) is 4.82. The number of imidazole rings is 1. The van der Waals surface area contributed by atoms with E-state index in [9.17, 15) is 4.79 Å². The lowest BCUT2D eigenvalue weighted by Gasteiger charge is -2.11. The van der Waals surface area contributed by atoms with Crippen molar-refractivity contribution in [3.63, 3.8) is 0 Å². The molecule has 0 fully saturated rings. The number of aromatic nitrogens is 4. The zero-order valence-electron chi connectivity index (χ0n) is 17.5. The molecule has 2 aromatic carbocycles. The predicted octanol–water partition coefficient (Wildman–Crippen LogP) is 4.66. The van der Waals surface area contributed by atoms with E-state index in [4.69, 9.17) is 4.98 Å². The molecule has 0 amide bonds. The van der Waals surface area contributed by atoms with E-state index in [1.165, 1.54) is 5.56 Å². The van der Waals surface area contributed by atoms with Crippen LogP contribution < -0.4 is 5.69 Å². The second-order valence-corrected chi connectivity index (χ2v) is 8.05. The minimum atomic E-state index is -0.188. The highest BCUT2D eigenvalue weighted by Gasteiger charge is 2.15. The molecule has 5 rings (SSSR count). The molecule has 0 saturated carbocycles. The van der Waals surface area contributed by atoms with Crippen molar-refractivity contribution in [2.75, 3.05) is 0 Å². The highest BCUT2D eigenvalue weighted by atomic mass is 16.1. The van der Waals surface area contributed by atoms with Crippen LogP contribution in [0.2, 0.25) is 0 Å². The lowest BCUT2D eigenvalue weighted by atomic mass is 9.97. The van der Waals surface area contributed by atoms with E-state index >= 15 is 0 Å². The zero-order chi connectivity index (χ0) is 21.4. The lowest BCUT2D eigenvalue weighted by molar-refractivity contribution is 0.777. The van der Waals surface area contributed by atoms with Crippen molar-refractivity contribution >= 4 is 16.9 Å². The Morgan fingerprint density at radius 3 is 2.65 bits per heavy atom. The number of rotatable bonds is 5. The number of nitrogens with zero attached hydrogens (tertiary/aromatic N) is 4. The maximum atomic E-state index is 12.7. The number of aliphatic imine (C=N–C) groups is 1. The molecule has 0 unspecified atom stereocenters. The quantitative estimate of drug-likeness (QED) is 0.521. The first kappa shape index (κ1) is 19.2. The van der Waals surface area contributed by atoms with Gasteiger partial charge in [-0.15, -0.1) is 0 Å². The van der Waals surface area contributed by atoms with Gasteiger partial charge in [-0.1, -0.05) is 68.5 Å². The lowest BCUT2D eigenvalue weighted by Crippen LogP contribution is -2.18. The summed E-state index contributed by atoms with van der Waals surface area (Å²) in [4.78, 5) is 29.2. The van der Waals surface area contributed by atoms with E-state index in [0.29, 0.717) is 29.5 Å². The van der Waals surface area contributed by atoms with Crippen LogP contribution in [-0.2, 0) is 6.54 Å². The number of hydrogen-bond donors (Lipinski definition) is 1. The fourth-order valence-corrected chi connectivity index (χ4v) is 3.96. The van der Waals surface area contributed by atoms with Crippen LogP contribution in [0.3, 0.4) is 0 Å². The number of H-pyrrole nitrogens is 1. The average Bonchev–Trinajstić information content (AvgIpc) is 3.43. The van der Waals surface area contributed by atoms with Crippen LogP contribution >= 0.6 is 0 Å². The van der Waals surface area contributed by atoms with Gasteiger partial charge in [0.2, 0.25) is 0 Å². The van der Waals surface area contributed by atoms with E-state index < -0.39 is 0 Å². The molecule has 0 spiro atoms. The molecule has 4 aromatic rings. The summed E-state index contributed by atoms with van der Waals surface area (Å²) in [6.07, 6.45) is 6.44. The Balaban J connectivity index is 1.52. The second-order valence-electron chi connectivity index (χ2n) is 8.05. The molecule has 154 valence electrons. The highest BCUT2D eigenvalue weighted by molar-refractivity contribution is 6.03. The molecule has 1 N–H and O–H groups in total. The number of fused-ring (bicyclic) bond motifs is 1. The smallest absolute Gasteiger partial charge is 0.303 e. The van der Waals surface area contributed by atoms with E-state index in [1.807, 2.05) is 42.6 Å². The van der Waals surface area contributed by atoms with Crippen LogP contribution in [0.4, 0.5) is 0 Å². The third-order valence-corrected chi connectivity index (χ3v) is 5.61. The van der Waals surface area contributed by atoms with Crippen LogP contribution in [0.25, 0.3) is 22.6 Å². The van der Waals surface area contributed by atoms with Crippen LogP contribution in [0.5, 0.6) is 0 Å². The average molecular weight is 409 g/mol. The van der Waals surface area contributed by atoms with Crippen molar-refractivity contribution in [2.24, 2.45) is 4.99 Å². The van der Waals surface area contributed by atoms with Gasteiger partial charge in [-0.2, -0.15) is 0 Å². The topological polar surface area (TPSA) is 75.9 Å². The molecule has 0 aliphatic carbocycles. The molecule has 2 aromatic heterocycles. The molecule has 6 heteroatoms. The largest absolute Gasteiger partial charge is 0.328 e. The van der Waals surface area contributed by atoms with E-state index in [2.05, 4.69) is 47.0 Å². The summed E-state index contributed by atoms with van der Waals surface area (Å²) in [6.45, 7) is 4.74. The minimum absolute atomic E-state index is 0.188. The highest BCUT2D eigenvalue weighted by Crippen LogP contribution is 2.27. The van der Waals surface area contributed by atoms with Gasteiger partial charge in [-0.3, -0.25) is 9.56 Å².